The fourth-order valence-corrected chi connectivity index (χ4v) is 2.43. The van der Waals surface area contributed by atoms with Crippen molar-refractivity contribution in [3.8, 4) is 0 Å². The molecule has 150 valence electrons. The monoisotopic (exact) mass is 403 g/mol. The molecule has 0 fully saturated rings. The molecule has 0 saturated heterocycles. The van der Waals surface area contributed by atoms with Gasteiger partial charge in [-0.1, -0.05) is 75.8 Å². The van der Waals surface area contributed by atoms with Gasteiger partial charge >= 0.3 is 0 Å². The van der Waals surface area contributed by atoms with Crippen molar-refractivity contribution in [1.29, 1.82) is 0 Å². The lowest BCUT2D eigenvalue weighted by Crippen LogP contribution is -2.41. The molecule has 0 aliphatic carbocycles. The van der Waals surface area contributed by atoms with E-state index in [-0.39, 0.29) is 24.8 Å². The van der Waals surface area contributed by atoms with Crippen LogP contribution in [0.5, 0.6) is 0 Å². The molecule has 0 saturated carbocycles. The fraction of sp³-hybridized carbons (Fsp3) is 0.579. The van der Waals surface area contributed by atoms with Gasteiger partial charge in [-0.2, -0.15) is 0 Å². The number of rotatable bonds is 11. The molecule has 5 N–H and O–H groups in total. The van der Waals surface area contributed by atoms with Crippen LogP contribution in [0.2, 0.25) is 0 Å². The molecule has 1 aromatic rings. The number of hydrogen-bond acceptors (Lipinski definition) is 2. The summed E-state index contributed by atoms with van der Waals surface area (Å²) < 4.78 is 0. The molecule has 0 atom stereocenters. The van der Waals surface area contributed by atoms with Crippen LogP contribution in [0.4, 0.5) is 0 Å². The summed E-state index contributed by atoms with van der Waals surface area (Å²) in [4.78, 5) is 8.55. The molecule has 5 nitrogen and oxygen atoms in total. The number of aliphatic imine (C=N–C) groups is 2. The molecule has 1 rings (SSSR count). The lowest BCUT2D eigenvalue weighted by molar-refractivity contribution is 0.593. The Kier molecular flexibility index (Phi) is 18.9. The highest BCUT2D eigenvalue weighted by molar-refractivity contribution is 5.97. The zero-order valence-corrected chi connectivity index (χ0v) is 17.5. The maximum absolute atomic E-state index is 5.82. The van der Waals surface area contributed by atoms with Crippen molar-refractivity contribution in [3.05, 3.63) is 35.9 Å². The minimum atomic E-state index is 0. The number of nitrogens with two attached hydrogens (primary N) is 2. The Morgan fingerprint density at radius 2 is 1.35 bits per heavy atom. The Hall–Kier alpha value is -1.46. The van der Waals surface area contributed by atoms with Crippen LogP contribution in [0.25, 0.3) is 0 Å². The van der Waals surface area contributed by atoms with Crippen molar-refractivity contribution >= 4 is 36.7 Å². The molecule has 0 bridgehead atoms. The van der Waals surface area contributed by atoms with E-state index in [2.05, 4.69) is 34.4 Å². The first-order chi connectivity index (χ1) is 11.7. The lowest BCUT2D eigenvalue weighted by atomic mass is 10.1. The molecule has 0 unspecified atom stereocenters. The van der Waals surface area contributed by atoms with E-state index in [9.17, 15) is 0 Å². The van der Waals surface area contributed by atoms with E-state index in [1.54, 1.807) is 0 Å². The fourth-order valence-electron chi connectivity index (χ4n) is 2.43. The third-order valence-corrected chi connectivity index (χ3v) is 3.83. The number of nitrogens with one attached hydrogen (secondary N) is 1. The van der Waals surface area contributed by atoms with E-state index in [1.807, 2.05) is 18.2 Å². The summed E-state index contributed by atoms with van der Waals surface area (Å²) in [6, 6.07) is 10.2. The van der Waals surface area contributed by atoms with Gasteiger partial charge in [0.1, 0.15) is 0 Å². The summed E-state index contributed by atoms with van der Waals surface area (Å²) in [5.74, 6) is 0.675. The average Bonchev–Trinajstić information content (AvgIpc) is 2.58. The standard InChI is InChI=1S/C19H33N5.2ClH/c1-2-3-4-5-6-7-11-15-22-18(20)24-19(21)23-16-14-17-12-9-8-10-13-17;;/h8-10,12-13H,2-7,11,14-16H2,1H3,(H5,20,21,22,23,24);2*1H. The normalized spacial score (nSPS) is 11.4. The number of benzene rings is 1. The number of nitrogens with zero attached hydrogens (tertiary/aromatic N) is 2. The van der Waals surface area contributed by atoms with Crippen LogP contribution < -0.4 is 16.8 Å². The summed E-state index contributed by atoms with van der Waals surface area (Å²) in [7, 11) is 0. The van der Waals surface area contributed by atoms with Crippen LogP contribution in [-0.2, 0) is 6.42 Å². The van der Waals surface area contributed by atoms with Crippen molar-refractivity contribution in [2.45, 2.75) is 58.3 Å². The molecule has 0 aliphatic heterocycles. The largest absolute Gasteiger partial charge is 0.370 e. The van der Waals surface area contributed by atoms with Crippen LogP contribution in [0, 0.1) is 0 Å². The number of unbranched alkanes of at least 4 members (excludes halogenated alkanes) is 6. The Morgan fingerprint density at radius 1 is 0.808 bits per heavy atom. The third kappa shape index (κ3) is 14.8. The summed E-state index contributed by atoms with van der Waals surface area (Å²) in [6.07, 6.45) is 9.73. The van der Waals surface area contributed by atoms with Crippen LogP contribution in [0.1, 0.15) is 57.4 Å². The van der Waals surface area contributed by atoms with Crippen LogP contribution in [0.15, 0.2) is 40.3 Å². The summed E-state index contributed by atoms with van der Waals surface area (Å²) in [6.45, 7) is 3.61. The summed E-state index contributed by atoms with van der Waals surface area (Å²) >= 11 is 0. The number of halogens is 2. The minimum Gasteiger partial charge on any atom is -0.370 e. The van der Waals surface area contributed by atoms with Crippen molar-refractivity contribution < 1.29 is 0 Å². The van der Waals surface area contributed by atoms with Gasteiger partial charge < -0.3 is 11.5 Å². The van der Waals surface area contributed by atoms with Gasteiger partial charge in [0.2, 0.25) is 0 Å². The van der Waals surface area contributed by atoms with Crippen LogP contribution in [-0.4, -0.2) is 25.0 Å². The molecule has 0 spiro atoms. The lowest BCUT2D eigenvalue weighted by Gasteiger charge is -2.05. The van der Waals surface area contributed by atoms with Gasteiger partial charge in [-0.05, 0) is 18.4 Å². The van der Waals surface area contributed by atoms with Crippen LogP contribution in [0.3, 0.4) is 0 Å². The van der Waals surface area contributed by atoms with Crippen molar-refractivity contribution in [2.24, 2.45) is 21.5 Å². The zero-order valence-electron chi connectivity index (χ0n) is 15.8. The highest BCUT2D eigenvalue weighted by Crippen LogP contribution is 2.06. The first kappa shape index (κ1) is 26.8. The van der Waals surface area contributed by atoms with Gasteiger partial charge in [-0.25, -0.2) is 0 Å². The van der Waals surface area contributed by atoms with Gasteiger partial charge in [-0.3, -0.25) is 15.3 Å². The maximum Gasteiger partial charge on any atom is 0.195 e. The third-order valence-electron chi connectivity index (χ3n) is 3.83. The molecule has 7 heteroatoms. The van der Waals surface area contributed by atoms with Gasteiger partial charge in [0.15, 0.2) is 11.9 Å². The second-order valence-electron chi connectivity index (χ2n) is 6.02. The summed E-state index contributed by atoms with van der Waals surface area (Å²) in [5.41, 5.74) is 12.9. The molecule has 0 amide bonds. The predicted molar refractivity (Wildman–Crippen MR) is 119 cm³/mol. The molecule has 1 aromatic carbocycles. The van der Waals surface area contributed by atoms with E-state index in [0.29, 0.717) is 18.5 Å². The molecule has 0 aliphatic rings. The zero-order chi connectivity index (χ0) is 17.5. The first-order valence-corrected chi connectivity index (χ1v) is 9.13. The Bertz CT molecular complexity index is 492. The first-order valence-electron chi connectivity index (χ1n) is 9.13. The molecule has 0 radical (unpaired) electrons. The molecular weight excluding hydrogens is 369 g/mol. The van der Waals surface area contributed by atoms with Crippen molar-refractivity contribution in [2.75, 3.05) is 13.1 Å². The summed E-state index contributed by atoms with van der Waals surface area (Å²) in [5, 5.41) is 2.84. The quantitative estimate of drug-likeness (QED) is 0.295. The predicted octanol–water partition coefficient (Wildman–Crippen LogP) is 4.04. The molecule has 0 aromatic heterocycles. The second kappa shape index (κ2) is 18.3. The van der Waals surface area contributed by atoms with Gasteiger partial charge in [0.05, 0.1) is 0 Å². The molecule has 26 heavy (non-hydrogen) atoms. The Balaban J connectivity index is 0. The molecular formula is C19H35Cl2N5. The SMILES string of the molecule is CCCCCCCCCN=C(N)NC(N)=NCCc1ccccc1.Cl.Cl. The van der Waals surface area contributed by atoms with Gasteiger partial charge in [-0.15, -0.1) is 24.8 Å². The highest BCUT2D eigenvalue weighted by atomic mass is 35.5. The highest BCUT2D eigenvalue weighted by Gasteiger charge is 1.96. The van der Waals surface area contributed by atoms with Crippen molar-refractivity contribution in [1.82, 2.24) is 5.32 Å². The maximum atomic E-state index is 5.82. The number of hydrogen-bond donors (Lipinski definition) is 3. The average molecular weight is 404 g/mol. The van der Waals surface area contributed by atoms with E-state index < -0.39 is 0 Å². The minimum absolute atomic E-state index is 0. The van der Waals surface area contributed by atoms with Gasteiger partial charge in [0.25, 0.3) is 0 Å². The van der Waals surface area contributed by atoms with E-state index in [1.165, 1.54) is 44.1 Å². The second-order valence-corrected chi connectivity index (χ2v) is 6.02. The molecule has 0 heterocycles. The van der Waals surface area contributed by atoms with E-state index in [0.717, 1.165) is 19.4 Å². The Labute approximate surface area is 171 Å². The number of guanidine groups is 2. The van der Waals surface area contributed by atoms with E-state index >= 15 is 0 Å². The van der Waals surface area contributed by atoms with Crippen molar-refractivity contribution in [3.63, 3.8) is 0 Å². The van der Waals surface area contributed by atoms with Crippen LogP contribution >= 0.6 is 24.8 Å². The Morgan fingerprint density at radius 3 is 1.96 bits per heavy atom. The smallest absolute Gasteiger partial charge is 0.195 e. The van der Waals surface area contributed by atoms with E-state index in [4.69, 9.17) is 11.5 Å². The van der Waals surface area contributed by atoms with Gasteiger partial charge in [0, 0.05) is 13.1 Å². The topological polar surface area (TPSA) is 88.8 Å².